The molecule has 0 spiro atoms. The zero-order chi connectivity index (χ0) is 12.3. The number of nitrogen functional groups attached to an aromatic ring is 1. The van der Waals surface area contributed by atoms with Crippen LogP contribution in [0, 0.1) is 5.92 Å². The summed E-state index contributed by atoms with van der Waals surface area (Å²) < 4.78 is 34.5. The van der Waals surface area contributed by atoms with Crippen LogP contribution in [0.4, 0.5) is 14.5 Å². The summed E-state index contributed by atoms with van der Waals surface area (Å²) in [7, 11) is 0. The lowest BCUT2D eigenvalue weighted by atomic mass is 10.3. The summed E-state index contributed by atoms with van der Waals surface area (Å²) in [5.41, 5.74) is 5.96. The van der Waals surface area contributed by atoms with Gasteiger partial charge in [0.1, 0.15) is 18.1 Å². The molecule has 5 heteroatoms. The van der Waals surface area contributed by atoms with E-state index >= 15 is 0 Å². The van der Waals surface area contributed by atoms with Crippen LogP contribution in [0.15, 0.2) is 18.2 Å². The second-order valence-corrected chi connectivity index (χ2v) is 4.16. The maximum atomic E-state index is 12.0. The standard InChI is InChI=1S/C12H15F2NO2/c13-12(14)7-17-11-5-9(3-4-10(11)15)16-6-8-1-2-8/h3-5,8,12H,1-2,6-7,15H2. The molecule has 0 radical (unpaired) electrons. The quantitative estimate of drug-likeness (QED) is 0.781. The molecule has 17 heavy (non-hydrogen) atoms. The first-order valence-electron chi connectivity index (χ1n) is 5.58. The highest BCUT2D eigenvalue weighted by Gasteiger charge is 2.22. The molecule has 0 bridgehead atoms. The van der Waals surface area contributed by atoms with E-state index in [-0.39, 0.29) is 5.75 Å². The first-order valence-corrected chi connectivity index (χ1v) is 5.58. The summed E-state index contributed by atoms with van der Waals surface area (Å²) in [5, 5.41) is 0. The number of hydrogen-bond donors (Lipinski definition) is 1. The number of benzene rings is 1. The maximum absolute atomic E-state index is 12.0. The molecule has 1 aromatic rings. The molecule has 0 saturated heterocycles. The molecule has 0 aromatic heterocycles. The molecule has 0 atom stereocenters. The van der Waals surface area contributed by atoms with Crippen LogP contribution in [-0.4, -0.2) is 19.6 Å². The molecule has 3 nitrogen and oxygen atoms in total. The number of hydrogen-bond acceptors (Lipinski definition) is 3. The minimum absolute atomic E-state index is 0.249. The van der Waals surface area contributed by atoms with Gasteiger partial charge in [0, 0.05) is 6.07 Å². The van der Waals surface area contributed by atoms with Crippen molar-refractivity contribution in [3.05, 3.63) is 18.2 Å². The SMILES string of the molecule is Nc1ccc(OCC2CC2)cc1OCC(F)F. The maximum Gasteiger partial charge on any atom is 0.272 e. The van der Waals surface area contributed by atoms with Gasteiger partial charge in [-0.05, 0) is 30.9 Å². The van der Waals surface area contributed by atoms with E-state index in [4.69, 9.17) is 15.2 Å². The lowest BCUT2D eigenvalue weighted by molar-refractivity contribution is 0.0821. The normalized spacial score (nSPS) is 15.0. The Morgan fingerprint density at radius 1 is 1.29 bits per heavy atom. The van der Waals surface area contributed by atoms with Gasteiger partial charge in [0.2, 0.25) is 0 Å². The molecule has 0 amide bonds. The zero-order valence-corrected chi connectivity index (χ0v) is 9.36. The van der Waals surface area contributed by atoms with E-state index in [0.717, 1.165) is 0 Å². The van der Waals surface area contributed by atoms with Crippen LogP contribution in [0.25, 0.3) is 0 Å². The first kappa shape index (κ1) is 12.0. The Labute approximate surface area is 98.5 Å². The van der Waals surface area contributed by atoms with Crippen molar-refractivity contribution in [2.45, 2.75) is 19.3 Å². The fraction of sp³-hybridized carbons (Fsp3) is 0.500. The van der Waals surface area contributed by atoms with E-state index < -0.39 is 13.0 Å². The van der Waals surface area contributed by atoms with Gasteiger partial charge in [0.15, 0.2) is 0 Å². The highest BCUT2D eigenvalue weighted by molar-refractivity contribution is 5.55. The van der Waals surface area contributed by atoms with Gasteiger partial charge in [-0.15, -0.1) is 0 Å². The summed E-state index contributed by atoms with van der Waals surface area (Å²) >= 11 is 0. The van der Waals surface area contributed by atoms with Crippen molar-refractivity contribution in [3.8, 4) is 11.5 Å². The highest BCUT2D eigenvalue weighted by atomic mass is 19.3. The number of rotatable bonds is 6. The lowest BCUT2D eigenvalue weighted by Crippen LogP contribution is -2.08. The third-order valence-electron chi connectivity index (χ3n) is 2.53. The number of ether oxygens (including phenoxy) is 2. The van der Waals surface area contributed by atoms with Gasteiger partial charge in [-0.25, -0.2) is 8.78 Å². The Hall–Kier alpha value is -1.52. The van der Waals surface area contributed by atoms with Crippen LogP contribution in [0.2, 0.25) is 0 Å². The van der Waals surface area contributed by atoms with Gasteiger partial charge < -0.3 is 15.2 Å². The monoisotopic (exact) mass is 243 g/mol. The van der Waals surface area contributed by atoms with Crippen molar-refractivity contribution in [2.24, 2.45) is 5.92 Å². The third kappa shape index (κ3) is 3.76. The van der Waals surface area contributed by atoms with Crippen LogP contribution in [0.1, 0.15) is 12.8 Å². The number of alkyl halides is 2. The molecule has 1 saturated carbocycles. The average Bonchev–Trinajstić information content (AvgIpc) is 3.10. The predicted molar refractivity (Wildman–Crippen MR) is 60.6 cm³/mol. The second-order valence-electron chi connectivity index (χ2n) is 4.16. The molecule has 0 unspecified atom stereocenters. The van der Waals surface area contributed by atoms with Crippen LogP contribution in [0.3, 0.4) is 0 Å². The molecule has 2 N–H and O–H groups in total. The minimum atomic E-state index is -2.51. The summed E-state index contributed by atoms with van der Waals surface area (Å²) in [6.07, 6.45) is -0.113. The van der Waals surface area contributed by atoms with Crippen molar-refractivity contribution < 1.29 is 18.3 Å². The van der Waals surface area contributed by atoms with E-state index in [0.29, 0.717) is 24.0 Å². The third-order valence-corrected chi connectivity index (χ3v) is 2.53. The Bertz CT molecular complexity index is 381. The van der Waals surface area contributed by atoms with Crippen molar-refractivity contribution in [2.75, 3.05) is 18.9 Å². The van der Waals surface area contributed by atoms with Crippen LogP contribution < -0.4 is 15.2 Å². The molecule has 1 aromatic carbocycles. The lowest BCUT2D eigenvalue weighted by Gasteiger charge is -2.11. The fourth-order valence-electron chi connectivity index (χ4n) is 1.38. The molecule has 0 heterocycles. The zero-order valence-electron chi connectivity index (χ0n) is 9.36. The molecule has 94 valence electrons. The number of anilines is 1. The Morgan fingerprint density at radius 2 is 2.06 bits per heavy atom. The number of halogens is 2. The van der Waals surface area contributed by atoms with Gasteiger partial charge in [-0.1, -0.05) is 0 Å². The minimum Gasteiger partial charge on any atom is -0.493 e. The molecule has 2 rings (SSSR count). The molecule has 1 fully saturated rings. The van der Waals surface area contributed by atoms with E-state index in [1.165, 1.54) is 12.8 Å². The van der Waals surface area contributed by atoms with Gasteiger partial charge in [-0.3, -0.25) is 0 Å². The molecule has 0 aliphatic heterocycles. The average molecular weight is 243 g/mol. The Kier molecular flexibility index (Phi) is 3.66. The highest BCUT2D eigenvalue weighted by Crippen LogP contribution is 2.31. The Balaban J connectivity index is 1.94. The summed E-state index contributed by atoms with van der Waals surface area (Å²) in [6.45, 7) is 0.00842. The van der Waals surface area contributed by atoms with Crippen molar-refractivity contribution in [1.29, 1.82) is 0 Å². The summed E-state index contributed by atoms with van der Waals surface area (Å²) in [5.74, 6) is 1.49. The molecular weight excluding hydrogens is 228 g/mol. The van der Waals surface area contributed by atoms with E-state index in [2.05, 4.69) is 0 Å². The fourth-order valence-corrected chi connectivity index (χ4v) is 1.38. The van der Waals surface area contributed by atoms with E-state index in [9.17, 15) is 8.78 Å². The van der Waals surface area contributed by atoms with Crippen molar-refractivity contribution in [3.63, 3.8) is 0 Å². The second kappa shape index (κ2) is 5.21. The summed E-state index contributed by atoms with van der Waals surface area (Å²) in [6, 6.07) is 4.87. The van der Waals surface area contributed by atoms with Crippen LogP contribution >= 0.6 is 0 Å². The van der Waals surface area contributed by atoms with Gasteiger partial charge >= 0.3 is 0 Å². The topological polar surface area (TPSA) is 44.5 Å². The smallest absolute Gasteiger partial charge is 0.272 e. The van der Waals surface area contributed by atoms with Gasteiger partial charge in [0.25, 0.3) is 6.43 Å². The van der Waals surface area contributed by atoms with Crippen molar-refractivity contribution in [1.82, 2.24) is 0 Å². The molecular formula is C12H15F2NO2. The van der Waals surface area contributed by atoms with Crippen LogP contribution in [0.5, 0.6) is 11.5 Å². The van der Waals surface area contributed by atoms with Crippen LogP contribution in [-0.2, 0) is 0 Å². The van der Waals surface area contributed by atoms with Gasteiger partial charge in [0.05, 0.1) is 12.3 Å². The predicted octanol–water partition coefficient (Wildman–Crippen LogP) is 2.70. The van der Waals surface area contributed by atoms with Crippen molar-refractivity contribution >= 4 is 5.69 Å². The van der Waals surface area contributed by atoms with E-state index in [1.807, 2.05) is 0 Å². The van der Waals surface area contributed by atoms with E-state index in [1.54, 1.807) is 18.2 Å². The van der Waals surface area contributed by atoms with Gasteiger partial charge in [-0.2, -0.15) is 0 Å². The first-order chi connectivity index (χ1) is 8.15. The molecule has 1 aliphatic carbocycles. The Morgan fingerprint density at radius 3 is 2.71 bits per heavy atom. The largest absolute Gasteiger partial charge is 0.493 e. The summed E-state index contributed by atoms with van der Waals surface area (Å²) in [4.78, 5) is 0. The number of nitrogens with two attached hydrogens (primary N) is 1. The molecule has 1 aliphatic rings.